The third kappa shape index (κ3) is 1.87. The predicted molar refractivity (Wildman–Crippen MR) is 77.2 cm³/mol. The van der Waals surface area contributed by atoms with Crippen LogP contribution in [0.5, 0.6) is 0 Å². The van der Waals surface area contributed by atoms with Crippen LogP contribution in [0.15, 0.2) is 42.5 Å². The van der Waals surface area contributed by atoms with Crippen LogP contribution in [0.2, 0.25) is 0 Å². The van der Waals surface area contributed by atoms with Crippen LogP contribution in [-0.2, 0) is 13.0 Å². The Morgan fingerprint density at radius 2 is 2.00 bits per heavy atom. The Labute approximate surface area is 112 Å². The lowest BCUT2D eigenvalue weighted by atomic mass is 10.1. The van der Waals surface area contributed by atoms with Crippen molar-refractivity contribution in [2.45, 2.75) is 19.9 Å². The Morgan fingerprint density at radius 1 is 1.21 bits per heavy atom. The van der Waals surface area contributed by atoms with Crippen LogP contribution in [0, 0.1) is 0 Å². The van der Waals surface area contributed by atoms with Gasteiger partial charge in [-0.1, -0.05) is 31.2 Å². The van der Waals surface area contributed by atoms with E-state index in [0.717, 1.165) is 23.2 Å². The molecule has 0 atom stereocenters. The molecule has 0 fully saturated rings. The maximum Gasteiger partial charge on any atom is 0.259 e. The van der Waals surface area contributed by atoms with E-state index in [9.17, 15) is 4.79 Å². The molecule has 0 spiro atoms. The van der Waals surface area contributed by atoms with E-state index in [2.05, 4.69) is 13.0 Å². The molecule has 19 heavy (non-hydrogen) atoms. The van der Waals surface area contributed by atoms with Gasteiger partial charge in [0.05, 0.1) is 6.54 Å². The molecule has 1 heterocycles. The van der Waals surface area contributed by atoms with Gasteiger partial charge in [0.2, 0.25) is 0 Å². The second-order valence-corrected chi connectivity index (χ2v) is 4.79. The van der Waals surface area contributed by atoms with Gasteiger partial charge in [-0.3, -0.25) is 4.79 Å². The molecule has 0 aliphatic carbocycles. The number of carbonyl (C=O) groups is 1. The minimum atomic E-state index is 0.0446. The highest BCUT2D eigenvalue weighted by Crippen LogP contribution is 2.31. The van der Waals surface area contributed by atoms with Crippen molar-refractivity contribution < 1.29 is 4.79 Å². The summed E-state index contributed by atoms with van der Waals surface area (Å²) in [5, 5.41) is 0. The highest BCUT2D eigenvalue weighted by molar-refractivity contribution is 6.10. The molecule has 0 radical (unpaired) electrons. The van der Waals surface area contributed by atoms with Crippen LogP contribution in [-0.4, -0.2) is 5.91 Å². The molecule has 3 rings (SSSR count). The third-order valence-corrected chi connectivity index (χ3v) is 3.60. The zero-order valence-corrected chi connectivity index (χ0v) is 10.9. The normalized spacial score (nSPS) is 13.7. The number of anilines is 2. The Hall–Kier alpha value is -2.29. The van der Waals surface area contributed by atoms with Gasteiger partial charge in [0, 0.05) is 16.9 Å². The molecule has 0 saturated carbocycles. The van der Waals surface area contributed by atoms with E-state index >= 15 is 0 Å². The maximum absolute atomic E-state index is 12.5. The lowest BCUT2D eigenvalue weighted by Gasteiger charge is -2.19. The molecular weight excluding hydrogens is 236 g/mol. The number of carbonyl (C=O) groups excluding carboxylic acids is 1. The summed E-state index contributed by atoms with van der Waals surface area (Å²) in [4.78, 5) is 14.3. The first-order chi connectivity index (χ1) is 9.20. The number of rotatable bonds is 2. The van der Waals surface area contributed by atoms with E-state index in [4.69, 9.17) is 5.73 Å². The summed E-state index contributed by atoms with van der Waals surface area (Å²) < 4.78 is 0. The summed E-state index contributed by atoms with van der Waals surface area (Å²) in [6.07, 6.45) is 0.915. The number of nitrogens with two attached hydrogens (primary N) is 1. The fourth-order valence-electron chi connectivity index (χ4n) is 2.59. The molecule has 3 heteroatoms. The molecule has 2 aromatic carbocycles. The van der Waals surface area contributed by atoms with Crippen molar-refractivity contribution in [1.29, 1.82) is 0 Å². The second-order valence-electron chi connectivity index (χ2n) is 4.79. The Kier molecular flexibility index (Phi) is 2.75. The number of benzene rings is 2. The smallest absolute Gasteiger partial charge is 0.259 e. The Balaban J connectivity index is 2.04. The van der Waals surface area contributed by atoms with Gasteiger partial charge in [-0.2, -0.15) is 0 Å². The van der Waals surface area contributed by atoms with Crippen LogP contribution >= 0.6 is 0 Å². The van der Waals surface area contributed by atoms with Crippen LogP contribution < -0.4 is 10.6 Å². The number of para-hydroxylation sites is 1. The van der Waals surface area contributed by atoms with Crippen LogP contribution in [0.3, 0.4) is 0 Å². The molecule has 0 saturated heterocycles. The summed E-state index contributed by atoms with van der Waals surface area (Å²) in [5.74, 6) is 0.0446. The van der Waals surface area contributed by atoms with Crippen molar-refractivity contribution in [1.82, 2.24) is 0 Å². The Morgan fingerprint density at radius 3 is 2.79 bits per heavy atom. The van der Waals surface area contributed by atoms with Crippen LogP contribution in [0.4, 0.5) is 11.4 Å². The van der Waals surface area contributed by atoms with Crippen molar-refractivity contribution >= 4 is 17.3 Å². The largest absolute Gasteiger partial charge is 0.399 e. The second kappa shape index (κ2) is 4.43. The molecule has 2 aromatic rings. The zero-order chi connectivity index (χ0) is 13.4. The number of fused-ring (bicyclic) bond motifs is 1. The molecule has 1 aliphatic heterocycles. The minimum Gasteiger partial charge on any atom is -0.399 e. The highest BCUT2D eigenvalue weighted by atomic mass is 16.2. The van der Waals surface area contributed by atoms with E-state index in [0.29, 0.717) is 12.2 Å². The summed E-state index contributed by atoms with van der Waals surface area (Å²) >= 11 is 0. The van der Waals surface area contributed by atoms with Gasteiger partial charge in [0.15, 0.2) is 0 Å². The number of hydrogen-bond donors (Lipinski definition) is 1. The maximum atomic E-state index is 12.5. The first kappa shape index (κ1) is 11.8. The van der Waals surface area contributed by atoms with Gasteiger partial charge in [0.25, 0.3) is 5.91 Å². The Bertz CT molecular complexity index is 649. The van der Waals surface area contributed by atoms with Gasteiger partial charge < -0.3 is 10.6 Å². The number of nitrogen functional groups attached to an aromatic ring is 1. The van der Waals surface area contributed by atoms with Gasteiger partial charge in [-0.05, 0) is 35.7 Å². The molecule has 1 aliphatic rings. The summed E-state index contributed by atoms with van der Waals surface area (Å²) in [6.45, 7) is 2.73. The van der Waals surface area contributed by atoms with E-state index < -0.39 is 0 Å². The van der Waals surface area contributed by atoms with Crippen LogP contribution in [0.25, 0.3) is 0 Å². The molecule has 96 valence electrons. The van der Waals surface area contributed by atoms with Gasteiger partial charge in [0.1, 0.15) is 0 Å². The van der Waals surface area contributed by atoms with Crippen molar-refractivity contribution in [3.8, 4) is 0 Å². The van der Waals surface area contributed by atoms with Crippen molar-refractivity contribution in [2.75, 3.05) is 10.6 Å². The SMILES string of the molecule is CCc1ccccc1N1Cc2ccc(N)cc2C1=O. The van der Waals surface area contributed by atoms with Gasteiger partial charge in [-0.15, -0.1) is 0 Å². The summed E-state index contributed by atoms with van der Waals surface area (Å²) in [6, 6.07) is 13.6. The molecule has 0 bridgehead atoms. The summed E-state index contributed by atoms with van der Waals surface area (Å²) in [7, 11) is 0. The van der Waals surface area contributed by atoms with Crippen molar-refractivity contribution in [3.05, 3.63) is 59.2 Å². The van der Waals surface area contributed by atoms with Crippen molar-refractivity contribution in [2.24, 2.45) is 0 Å². The van der Waals surface area contributed by atoms with E-state index in [-0.39, 0.29) is 5.91 Å². The zero-order valence-electron chi connectivity index (χ0n) is 10.9. The summed E-state index contributed by atoms with van der Waals surface area (Å²) in [5.41, 5.74) is 10.4. The number of hydrogen-bond acceptors (Lipinski definition) is 2. The average molecular weight is 252 g/mol. The monoisotopic (exact) mass is 252 g/mol. The molecule has 0 aromatic heterocycles. The van der Waals surface area contributed by atoms with E-state index in [1.54, 1.807) is 6.07 Å². The first-order valence-corrected chi connectivity index (χ1v) is 6.49. The average Bonchev–Trinajstić information content (AvgIpc) is 2.76. The van der Waals surface area contributed by atoms with Crippen LogP contribution in [0.1, 0.15) is 28.4 Å². The quantitative estimate of drug-likeness (QED) is 0.835. The lowest BCUT2D eigenvalue weighted by molar-refractivity contribution is 0.0996. The van der Waals surface area contributed by atoms with Gasteiger partial charge >= 0.3 is 0 Å². The number of aryl methyl sites for hydroxylation is 1. The molecule has 0 unspecified atom stereocenters. The van der Waals surface area contributed by atoms with E-state index in [1.807, 2.05) is 35.2 Å². The fraction of sp³-hybridized carbons (Fsp3) is 0.188. The molecule has 3 nitrogen and oxygen atoms in total. The van der Waals surface area contributed by atoms with Crippen molar-refractivity contribution in [3.63, 3.8) is 0 Å². The standard InChI is InChI=1S/C16H16N2O/c1-2-11-5-3-4-6-15(11)18-10-12-7-8-13(17)9-14(12)16(18)19/h3-9H,2,10,17H2,1H3. The molecule has 1 amide bonds. The van der Waals surface area contributed by atoms with E-state index in [1.165, 1.54) is 5.56 Å². The topological polar surface area (TPSA) is 46.3 Å². The predicted octanol–water partition coefficient (Wildman–Crippen LogP) is 2.99. The lowest BCUT2D eigenvalue weighted by Crippen LogP contribution is -2.24. The highest BCUT2D eigenvalue weighted by Gasteiger charge is 2.29. The third-order valence-electron chi connectivity index (χ3n) is 3.60. The first-order valence-electron chi connectivity index (χ1n) is 6.49. The number of amides is 1. The fourth-order valence-corrected chi connectivity index (χ4v) is 2.59. The number of nitrogens with zero attached hydrogens (tertiary/aromatic N) is 1. The molecule has 2 N–H and O–H groups in total. The molecular formula is C16H16N2O. The minimum absolute atomic E-state index is 0.0446. The van der Waals surface area contributed by atoms with Gasteiger partial charge in [-0.25, -0.2) is 0 Å².